The maximum absolute atomic E-state index is 13.6. The van der Waals surface area contributed by atoms with Crippen LogP contribution in [0.4, 0.5) is 13.2 Å². The van der Waals surface area contributed by atoms with Crippen LogP contribution in [-0.4, -0.2) is 19.4 Å². The number of aromatic nitrogens is 4. The second kappa shape index (κ2) is 5.74. The molecule has 26 heavy (non-hydrogen) atoms. The SMILES string of the molecule is CC(C)c1nn2cccc(C(F)(F)F)c2c1-n1ncc2cccc(Cl)c21. The molecule has 0 N–H and O–H groups in total. The summed E-state index contributed by atoms with van der Waals surface area (Å²) < 4.78 is 43.7. The molecule has 3 aromatic heterocycles. The fourth-order valence-corrected chi connectivity index (χ4v) is 3.40. The molecule has 0 fully saturated rings. The third-order valence-electron chi connectivity index (χ3n) is 4.26. The number of benzene rings is 1. The lowest BCUT2D eigenvalue weighted by Crippen LogP contribution is -2.09. The van der Waals surface area contributed by atoms with Crippen LogP contribution in [0.5, 0.6) is 0 Å². The maximum Gasteiger partial charge on any atom is 0.418 e. The maximum atomic E-state index is 13.6. The Bertz CT molecular complexity index is 1120. The molecule has 0 spiro atoms. The third-order valence-corrected chi connectivity index (χ3v) is 4.57. The number of nitrogens with zero attached hydrogens (tertiary/aromatic N) is 4. The Balaban J connectivity index is 2.19. The second-order valence-corrected chi connectivity index (χ2v) is 6.74. The smallest absolute Gasteiger partial charge is 0.238 e. The lowest BCUT2D eigenvalue weighted by molar-refractivity contribution is -0.136. The van der Waals surface area contributed by atoms with Gasteiger partial charge < -0.3 is 0 Å². The van der Waals surface area contributed by atoms with E-state index >= 15 is 0 Å². The fraction of sp³-hybridized carbons (Fsp3) is 0.222. The molecule has 4 aromatic rings. The average molecular weight is 379 g/mol. The van der Waals surface area contributed by atoms with E-state index in [0.29, 0.717) is 21.9 Å². The highest BCUT2D eigenvalue weighted by Crippen LogP contribution is 2.38. The Labute approximate surface area is 151 Å². The van der Waals surface area contributed by atoms with Gasteiger partial charge in [0, 0.05) is 11.6 Å². The van der Waals surface area contributed by atoms with Gasteiger partial charge in [-0.3, -0.25) is 0 Å². The van der Waals surface area contributed by atoms with Crippen LogP contribution in [0, 0.1) is 0 Å². The molecule has 0 saturated carbocycles. The minimum Gasteiger partial charge on any atom is -0.238 e. The monoisotopic (exact) mass is 378 g/mol. The summed E-state index contributed by atoms with van der Waals surface area (Å²) >= 11 is 6.32. The van der Waals surface area contributed by atoms with Gasteiger partial charge in [-0.15, -0.1) is 0 Å². The van der Waals surface area contributed by atoms with Crippen molar-refractivity contribution in [3.8, 4) is 5.69 Å². The van der Waals surface area contributed by atoms with Crippen molar-refractivity contribution in [1.29, 1.82) is 0 Å². The van der Waals surface area contributed by atoms with Gasteiger partial charge >= 0.3 is 6.18 Å². The van der Waals surface area contributed by atoms with Crippen molar-refractivity contribution in [1.82, 2.24) is 19.4 Å². The van der Waals surface area contributed by atoms with Crippen molar-refractivity contribution in [2.45, 2.75) is 25.9 Å². The standard InChI is InChI=1S/C18H14ClF3N4/c1-10(2)14-17(26-15-11(9-23-26)5-3-7-13(15)19)16-12(18(20,21)22)6-4-8-25(16)24-14/h3-10H,1-2H3. The lowest BCUT2D eigenvalue weighted by atomic mass is 10.1. The summed E-state index contributed by atoms with van der Waals surface area (Å²) in [7, 11) is 0. The average Bonchev–Trinajstić information content (AvgIpc) is 3.15. The van der Waals surface area contributed by atoms with Crippen LogP contribution in [0.1, 0.15) is 31.0 Å². The predicted molar refractivity (Wildman–Crippen MR) is 93.9 cm³/mol. The van der Waals surface area contributed by atoms with E-state index in [1.54, 1.807) is 18.3 Å². The van der Waals surface area contributed by atoms with E-state index in [0.717, 1.165) is 11.5 Å². The van der Waals surface area contributed by atoms with Crippen LogP contribution in [-0.2, 0) is 6.18 Å². The van der Waals surface area contributed by atoms with E-state index in [1.165, 1.54) is 21.5 Å². The Kier molecular flexibility index (Phi) is 3.73. The van der Waals surface area contributed by atoms with Crippen LogP contribution in [0.25, 0.3) is 22.1 Å². The van der Waals surface area contributed by atoms with Crippen molar-refractivity contribution in [3.05, 3.63) is 59.0 Å². The molecule has 0 amide bonds. The number of hydrogen-bond acceptors (Lipinski definition) is 2. The minimum absolute atomic E-state index is 0.0337. The van der Waals surface area contributed by atoms with Gasteiger partial charge in [-0.1, -0.05) is 37.6 Å². The normalized spacial score (nSPS) is 12.6. The van der Waals surface area contributed by atoms with E-state index in [1.807, 2.05) is 19.9 Å². The molecule has 0 aliphatic rings. The Morgan fingerprint density at radius 3 is 2.54 bits per heavy atom. The molecule has 0 atom stereocenters. The van der Waals surface area contributed by atoms with Crippen molar-refractivity contribution >= 4 is 28.0 Å². The van der Waals surface area contributed by atoms with Crippen molar-refractivity contribution in [2.75, 3.05) is 0 Å². The number of alkyl halides is 3. The summed E-state index contributed by atoms with van der Waals surface area (Å²) in [6, 6.07) is 7.67. The minimum atomic E-state index is -4.52. The van der Waals surface area contributed by atoms with Gasteiger partial charge in [0.2, 0.25) is 0 Å². The first-order valence-corrected chi connectivity index (χ1v) is 8.38. The van der Waals surface area contributed by atoms with Gasteiger partial charge in [-0.2, -0.15) is 23.4 Å². The second-order valence-electron chi connectivity index (χ2n) is 6.34. The first kappa shape index (κ1) is 16.9. The Hall–Kier alpha value is -2.54. The fourth-order valence-electron chi connectivity index (χ4n) is 3.14. The Morgan fingerprint density at radius 2 is 1.85 bits per heavy atom. The van der Waals surface area contributed by atoms with E-state index in [4.69, 9.17) is 11.6 Å². The van der Waals surface area contributed by atoms with Crippen LogP contribution < -0.4 is 0 Å². The molecule has 0 saturated heterocycles. The summed E-state index contributed by atoms with van der Waals surface area (Å²) in [5.41, 5.74) is 0.587. The van der Waals surface area contributed by atoms with Crippen LogP contribution >= 0.6 is 11.6 Å². The lowest BCUT2D eigenvalue weighted by Gasteiger charge is -2.12. The third kappa shape index (κ3) is 2.46. The molecule has 0 unspecified atom stereocenters. The summed E-state index contributed by atoms with van der Waals surface area (Å²) in [5, 5.41) is 9.88. The molecule has 1 aromatic carbocycles. The van der Waals surface area contributed by atoms with Gasteiger partial charge in [0.25, 0.3) is 0 Å². The molecule has 4 nitrogen and oxygen atoms in total. The van der Waals surface area contributed by atoms with Gasteiger partial charge in [-0.25, -0.2) is 9.20 Å². The molecule has 4 rings (SSSR count). The number of fused-ring (bicyclic) bond motifs is 2. The molecule has 0 aliphatic heterocycles. The Morgan fingerprint density at radius 1 is 1.08 bits per heavy atom. The molecule has 8 heteroatoms. The largest absolute Gasteiger partial charge is 0.418 e. The molecule has 0 aliphatic carbocycles. The van der Waals surface area contributed by atoms with Gasteiger partial charge in [0.1, 0.15) is 11.2 Å². The highest BCUT2D eigenvalue weighted by atomic mass is 35.5. The number of hydrogen-bond donors (Lipinski definition) is 0. The topological polar surface area (TPSA) is 35.1 Å². The summed E-state index contributed by atoms with van der Waals surface area (Å²) in [6.45, 7) is 3.76. The summed E-state index contributed by atoms with van der Waals surface area (Å²) in [6.07, 6.45) is -1.42. The van der Waals surface area contributed by atoms with Gasteiger partial charge in [0.15, 0.2) is 0 Å². The first-order valence-electron chi connectivity index (χ1n) is 8.00. The first-order chi connectivity index (χ1) is 12.3. The van der Waals surface area contributed by atoms with Gasteiger partial charge in [-0.05, 0) is 24.1 Å². The molecule has 134 valence electrons. The van der Waals surface area contributed by atoms with Crippen LogP contribution in [0.15, 0.2) is 42.7 Å². The van der Waals surface area contributed by atoms with E-state index < -0.39 is 11.7 Å². The van der Waals surface area contributed by atoms with Crippen molar-refractivity contribution in [2.24, 2.45) is 0 Å². The van der Waals surface area contributed by atoms with Crippen LogP contribution in [0.2, 0.25) is 5.02 Å². The summed E-state index contributed by atoms with van der Waals surface area (Å²) in [4.78, 5) is 0. The molecular weight excluding hydrogens is 365 g/mol. The highest BCUT2D eigenvalue weighted by molar-refractivity contribution is 6.35. The number of para-hydroxylation sites is 1. The molecular formula is C18H14ClF3N4. The van der Waals surface area contributed by atoms with E-state index in [-0.39, 0.29) is 11.4 Å². The van der Waals surface area contributed by atoms with Crippen molar-refractivity contribution in [3.63, 3.8) is 0 Å². The summed E-state index contributed by atoms with van der Waals surface area (Å²) in [5.74, 6) is -0.104. The molecule has 3 heterocycles. The predicted octanol–water partition coefficient (Wildman–Crippen LogP) is 5.47. The van der Waals surface area contributed by atoms with Crippen molar-refractivity contribution < 1.29 is 13.2 Å². The van der Waals surface area contributed by atoms with E-state index in [2.05, 4.69) is 10.2 Å². The zero-order valence-corrected chi connectivity index (χ0v) is 14.7. The number of rotatable bonds is 2. The number of pyridine rings is 1. The molecule has 0 bridgehead atoms. The quantitative estimate of drug-likeness (QED) is 0.463. The van der Waals surface area contributed by atoms with Crippen LogP contribution in [0.3, 0.4) is 0 Å². The van der Waals surface area contributed by atoms with E-state index in [9.17, 15) is 13.2 Å². The number of halogens is 4. The highest BCUT2D eigenvalue weighted by Gasteiger charge is 2.36. The van der Waals surface area contributed by atoms with Gasteiger partial charge in [0.05, 0.1) is 28.0 Å². The zero-order chi connectivity index (χ0) is 18.6. The zero-order valence-electron chi connectivity index (χ0n) is 13.9. The molecule has 0 radical (unpaired) electrons.